The van der Waals surface area contributed by atoms with Gasteiger partial charge in [0, 0.05) is 11.6 Å². The fourth-order valence-electron chi connectivity index (χ4n) is 1.56. The quantitative estimate of drug-likeness (QED) is 0.781. The number of carboxylic acid groups (broad SMARTS) is 1. The van der Waals surface area contributed by atoms with E-state index in [1.807, 2.05) is 11.4 Å². The van der Waals surface area contributed by atoms with E-state index in [0.717, 1.165) is 11.3 Å². The van der Waals surface area contributed by atoms with Gasteiger partial charge in [-0.15, -0.1) is 16.4 Å². The summed E-state index contributed by atoms with van der Waals surface area (Å²) >= 11 is 1.48. The van der Waals surface area contributed by atoms with Gasteiger partial charge < -0.3 is 9.52 Å². The molecule has 7 nitrogen and oxygen atoms in total. The number of hydrogen-bond donors (Lipinski definition) is 1. The number of hydrogen-bond acceptors (Lipinski definition) is 7. The van der Waals surface area contributed by atoms with Crippen molar-refractivity contribution in [1.29, 1.82) is 0 Å². The molecule has 0 aromatic carbocycles. The predicted molar refractivity (Wildman–Crippen MR) is 69.4 cm³/mol. The van der Waals surface area contributed by atoms with E-state index in [1.54, 1.807) is 12.3 Å². The van der Waals surface area contributed by atoms with Gasteiger partial charge in [-0.25, -0.2) is 14.8 Å². The van der Waals surface area contributed by atoms with Gasteiger partial charge in [-0.1, -0.05) is 0 Å². The summed E-state index contributed by atoms with van der Waals surface area (Å²) in [7, 11) is 0. The number of carbonyl (C=O) groups is 1. The third-order valence-corrected chi connectivity index (χ3v) is 3.27. The largest absolute Gasteiger partial charge is 0.476 e. The molecular weight excluding hydrogens is 280 g/mol. The number of nitrogens with zero attached hydrogens (tertiary/aromatic N) is 4. The zero-order valence-corrected chi connectivity index (χ0v) is 10.9. The Bertz CT molecular complexity index is 722. The predicted octanol–water partition coefficient (Wildman–Crippen LogP) is 1.88. The molecule has 0 aliphatic rings. The van der Waals surface area contributed by atoms with Gasteiger partial charge in [-0.05, 0) is 12.1 Å². The van der Waals surface area contributed by atoms with Gasteiger partial charge in [0.1, 0.15) is 17.0 Å². The van der Waals surface area contributed by atoms with E-state index in [9.17, 15) is 4.79 Å². The van der Waals surface area contributed by atoms with Gasteiger partial charge in [0.25, 0.3) is 0 Å². The van der Waals surface area contributed by atoms with E-state index in [4.69, 9.17) is 9.52 Å². The van der Waals surface area contributed by atoms with E-state index in [0.29, 0.717) is 23.7 Å². The monoisotopic (exact) mass is 288 g/mol. The van der Waals surface area contributed by atoms with E-state index in [1.165, 1.54) is 11.3 Å². The lowest BCUT2D eigenvalue weighted by molar-refractivity contribution is 0.0690. The van der Waals surface area contributed by atoms with E-state index >= 15 is 0 Å². The molecule has 3 aromatic rings. The van der Waals surface area contributed by atoms with Gasteiger partial charge >= 0.3 is 5.97 Å². The number of rotatable bonds is 4. The van der Waals surface area contributed by atoms with Crippen molar-refractivity contribution in [3.8, 4) is 10.7 Å². The summed E-state index contributed by atoms with van der Waals surface area (Å²) in [6.45, 7) is 0. The summed E-state index contributed by atoms with van der Waals surface area (Å²) < 4.78 is 5.06. The van der Waals surface area contributed by atoms with Crippen molar-refractivity contribution in [2.75, 3.05) is 0 Å². The highest BCUT2D eigenvalue weighted by molar-refractivity contribution is 7.13. The Morgan fingerprint density at radius 1 is 1.35 bits per heavy atom. The van der Waals surface area contributed by atoms with Crippen molar-refractivity contribution < 1.29 is 14.3 Å². The van der Waals surface area contributed by atoms with E-state index in [2.05, 4.69) is 20.2 Å². The van der Waals surface area contributed by atoms with Crippen molar-refractivity contribution in [2.24, 2.45) is 0 Å². The summed E-state index contributed by atoms with van der Waals surface area (Å²) in [5.41, 5.74) is 1.22. The normalized spacial score (nSPS) is 10.6. The molecule has 0 spiro atoms. The number of thiazole rings is 1. The van der Waals surface area contributed by atoms with Gasteiger partial charge in [-0.2, -0.15) is 5.10 Å². The van der Waals surface area contributed by atoms with Crippen LogP contribution in [-0.4, -0.2) is 31.2 Å². The number of aromatic carboxylic acids is 1. The van der Waals surface area contributed by atoms with Crippen LogP contribution in [0.15, 0.2) is 34.4 Å². The maximum Gasteiger partial charge on any atom is 0.357 e. The molecule has 0 fully saturated rings. The van der Waals surface area contributed by atoms with Crippen molar-refractivity contribution in [3.05, 3.63) is 47.3 Å². The fourth-order valence-corrected chi connectivity index (χ4v) is 2.17. The van der Waals surface area contributed by atoms with Crippen LogP contribution in [0.1, 0.15) is 22.1 Å². The Kier molecular flexibility index (Phi) is 3.21. The lowest BCUT2D eigenvalue weighted by Gasteiger charge is -1.97. The van der Waals surface area contributed by atoms with Crippen molar-refractivity contribution in [2.45, 2.75) is 6.42 Å². The van der Waals surface area contributed by atoms with Crippen LogP contribution in [0, 0.1) is 0 Å². The first-order valence-electron chi connectivity index (χ1n) is 5.62. The second kappa shape index (κ2) is 5.17. The number of aromatic nitrogens is 4. The Balaban J connectivity index is 1.76. The van der Waals surface area contributed by atoms with Gasteiger partial charge in [0.15, 0.2) is 5.69 Å². The first kappa shape index (κ1) is 12.4. The van der Waals surface area contributed by atoms with Crippen LogP contribution in [0.3, 0.4) is 0 Å². The molecule has 0 bridgehead atoms. The van der Waals surface area contributed by atoms with Crippen LogP contribution >= 0.6 is 11.3 Å². The van der Waals surface area contributed by atoms with Crippen molar-refractivity contribution >= 4 is 17.3 Å². The number of oxazole rings is 1. The van der Waals surface area contributed by atoms with Crippen LogP contribution in [0.5, 0.6) is 0 Å². The molecular formula is C12H8N4O3S. The minimum Gasteiger partial charge on any atom is -0.476 e. The Labute approximate surface area is 117 Å². The molecule has 0 saturated heterocycles. The van der Waals surface area contributed by atoms with Gasteiger partial charge in [0.05, 0.1) is 12.1 Å². The molecule has 1 N–H and O–H groups in total. The van der Waals surface area contributed by atoms with Crippen LogP contribution in [0.25, 0.3) is 10.7 Å². The first-order chi connectivity index (χ1) is 9.72. The van der Waals surface area contributed by atoms with Crippen LogP contribution in [0.2, 0.25) is 0 Å². The van der Waals surface area contributed by atoms with Crippen LogP contribution in [0.4, 0.5) is 0 Å². The second-order valence-electron chi connectivity index (χ2n) is 3.86. The molecule has 0 radical (unpaired) electrons. The average Bonchev–Trinajstić information content (AvgIpc) is 3.10. The molecule has 100 valence electrons. The lowest BCUT2D eigenvalue weighted by Crippen LogP contribution is -1.99. The molecule has 0 amide bonds. The molecule has 20 heavy (non-hydrogen) atoms. The van der Waals surface area contributed by atoms with E-state index < -0.39 is 5.97 Å². The third kappa shape index (κ3) is 2.54. The first-order valence-corrected chi connectivity index (χ1v) is 6.50. The molecule has 0 atom stereocenters. The standard InChI is InChI=1S/C12H8N4O3S/c17-12(18)9-6-19-10(14-9)5-7-1-2-8(16-15-7)11-13-3-4-20-11/h1-4,6H,5H2,(H,17,18). The summed E-state index contributed by atoms with van der Waals surface area (Å²) in [4.78, 5) is 18.7. The second-order valence-corrected chi connectivity index (χ2v) is 4.75. The average molecular weight is 288 g/mol. The summed E-state index contributed by atoms with van der Waals surface area (Å²) in [5, 5.41) is 19.5. The lowest BCUT2D eigenvalue weighted by atomic mass is 10.2. The molecule has 0 unspecified atom stereocenters. The molecule has 3 aromatic heterocycles. The summed E-state index contributed by atoms with van der Waals surface area (Å²) in [6, 6.07) is 3.59. The zero-order chi connectivity index (χ0) is 13.9. The summed E-state index contributed by atoms with van der Waals surface area (Å²) in [6.07, 6.45) is 3.10. The molecule has 3 heterocycles. The smallest absolute Gasteiger partial charge is 0.357 e. The Morgan fingerprint density at radius 3 is 2.85 bits per heavy atom. The molecule has 0 aliphatic carbocycles. The van der Waals surface area contributed by atoms with Crippen LogP contribution < -0.4 is 0 Å². The van der Waals surface area contributed by atoms with E-state index in [-0.39, 0.29) is 5.69 Å². The minimum atomic E-state index is -1.12. The van der Waals surface area contributed by atoms with Crippen LogP contribution in [-0.2, 0) is 6.42 Å². The Morgan fingerprint density at radius 2 is 2.25 bits per heavy atom. The third-order valence-electron chi connectivity index (χ3n) is 2.47. The highest BCUT2D eigenvalue weighted by Crippen LogP contribution is 2.18. The maximum absolute atomic E-state index is 10.7. The molecule has 3 rings (SSSR count). The topological polar surface area (TPSA) is 102 Å². The molecule has 0 saturated carbocycles. The maximum atomic E-state index is 10.7. The fraction of sp³-hybridized carbons (Fsp3) is 0.0833. The summed E-state index contributed by atoms with van der Waals surface area (Å²) in [5.74, 6) is -0.830. The highest BCUT2D eigenvalue weighted by Gasteiger charge is 2.11. The number of carboxylic acids is 1. The van der Waals surface area contributed by atoms with Crippen molar-refractivity contribution in [3.63, 3.8) is 0 Å². The van der Waals surface area contributed by atoms with Crippen molar-refractivity contribution in [1.82, 2.24) is 20.2 Å². The zero-order valence-electron chi connectivity index (χ0n) is 10.1. The highest BCUT2D eigenvalue weighted by atomic mass is 32.1. The minimum absolute atomic E-state index is 0.118. The van der Waals surface area contributed by atoms with Gasteiger partial charge in [-0.3, -0.25) is 0 Å². The Hall–Kier alpha value is -2.61. The SMILES string of the molecule is O=C(O)c1coc(Cc2ccc(-c3nccs3)nn2)n1. The molecule has 8 heteroatoms. The molecule has 0 aliphatic heterocycles. The van der Waals surface area contributed by atoms with Gasteiger partial charge in [0.2, 0.25) is 5.89 Å².